The molecular weight excluding hydrogens is 281 g/mol. The summed E-state index contributed by atoms with van der Waals surface area (Å²) in [5, 5.41) is 0. The number of hydrogen-bond acceptors (Lipinski definition) is 2. The second-order valence-electron chi connectivity index (χ2n) is 5.19. The van der Waals surface area contributed by atoms with E-state index in [1.165, 1.54) is 12.1 Å². The molecule has 19 heavy (non-hydrogen) atoms. The summed E-state index contributed by atoms with van der Waals surface area (Å²) in [6.07, 6.45) is -4.74. The number of benzene rings is 1. The average molecular weight is 293 g/mol. The molecule has 0 bridgehead atoms. The summed E-state index contributed by atoms with van der Waals surface area (Å²) in [6.45, 7) is 3.75. The van der Waals surface area contributed by atoms with Crippen LogP contribution in [0.3, 0.4) is 0 Å². The van der Waals surface area contributed by atoms with Crippen LogP contribution >= 0.6 is 11.6 Å². The molecule has 1 aliphatic rings. The minimum absolute atomic E-state index is 0.127. The van der Waals surface area contributed by atoms with Gasteiger partial charge in [-0.3, -0.25) is 0 Å². The molecule has 2 unspecified atom stereocenters. The molecule has 0 spiro atoms. The zero-order valence-corrected chi connectivity index (χ0v) is 11.0. The van der Waals surface area contributed by atoms with Crippen LogP contribution in [0.2, 0.25) is 0 Å². The van der Waals surface area contributed by atoms with Gasteiger partial charge in [-0.2, -0.15) is 13.2 Å². The number of carbonyl (C=O) groups excluding carboxylic acids is 1. The van der Waals surface area contributed by atoms with Gasteiger partial charge >= 0.3 is 11.6 Å². The van der Waals surface area contributed by atoms with E-state index in [9.17, 15) is 18.0 Å². The van der Waals surface area contributed by atoms with Crippen molar-refractivity contribution in [2.24, 2.45) is 5.41 Å². The van der Waals surface area contributed by atoms with Crippen LogP contribution in [0.4, 0.5) is 18.0 Å². The van der Waals surface area contributed by atoms with Crippen molar-refractivity contribution in [1.29, 1.82) is 0 Å². The first kappa shape index (κ1) is 14.2. The molecule has 6 heteroatoms. The Morgan fingerprint density at radius 2 is 1.79 bits per heavy atom. The monoisotopic (exact) mass is 292 g/mol. The highest BCUT2D eigenvalue weighted by Gasteiger charge is 2.61. The summed E-state index contributed by atoms with van der Waals surface area (Å²) >= 11 is 5.17. The van der Waals surface area contributed by atoms with Gasteiger partial charge in [0.25, 0.3) is 0 Å². The molecule has 2 atom stereocenters. The van der Waals surface area contributed by atoms with Crippen LogP contribution in [0.1, 0.15) is 30.9 Å². The van der Waals surface area contributed by atoms with Gasteiger partial charge in [0.05, 0.1) is 5.56 Å². The molecule has 2 nitrogen and oxygen atoms in total. The topological polar surface area (TPSA) is 26.3 Å². The number of carbonyl (C=O) groups is 1. The van der Waals surface area contributed by atoms with E-state index in [4.69, 9.17) is 16.3 Å². The number of halogens is 4. The van der Waals surface area contributed by atoms with Crippen LogP contribution in [0.25, 0.3) is 0 Å². The fourth-order valence-corrected chi connectivity index (χ4v) is 2.49. The molecule has 0 heterocycles. The van der Waals surface area contributed by atoms with Crippen molar-refractivity contribution in [2.45, 2.75) is 32.0 Å². The number of alkyl halides is 3. The smallest absolute Gasteiger partial charge is 0.416 e. The zero-order chi connectivity index (χ0) is 14.4. The Morgan fingerprint density at radius 1 is 1.26 bits per heavy atom. The predicted molar refractivity (Wildman–Crippen MR) is 64.1 cm³/mol. The quantitative estimate of drug-likeness (QED) is 0.746. The van der Waals surface area contributed by atoms with Gasteiger partial charge in [-0.1, -0.05) is 26.0 Å². The SMILES string of the molecule is CC1(C)C(OC(=O)Cl)C1c1ccc(C(F)(F)F)cc1. The molecular formula is C13H12ClF3O2. The van der Waals surface area contributed by atoms with Gasteiger partial charge < -0.3 is 4.74 Å². The highest BCUT2D eigenvalue weighted by Crippen LogP contribution is 2.60. The first-order valence-electron chi connectivity index (χ1n) is 5.67. The minimum atomic E-state index is -4.35. The van der Waals surface area contributed by atoms with E-state index in [1.54, 1.807) is 0 Å². The van der Waals surface area contributed by atoms with Crippen LogP contribution in [0.5, 0.6) is 0 Å². The van der Waals surface area contributed by atoms with Crippen molar-refractivity contribution < 1.29 is 22.7 Å². The van der Waals surface area contributed by atoms with Gasteiger partial charge in [0, 0.05) is 22.9 Å². The Hall–Kier alpha value is -1.23. The van der Waals surface area contributed by atoms with Gasteiger partial charge in [-0.05, 0) is 17.7 Å². The third-order valence-corrected chi connectivity index (χ3v) is 3.63. The lowest BCUT2D eigenvalue weighted by Crippen LogP contribution is -2.04. The Balaban J connectivity index is 2.18. The van der Waals surface area contributed by atoms with Crippen LogP contribution in [-0.2, 0) is 10.9 Å². The minimum Gasteiger partial charge on any atom is -0.449 e. The Labute approximate surface area is 113 Å². The molecule has 0 amide bonds. The van der Waals surface area contributed by atoms with Gasteiger partial charge in [-0.25, -0.2) is 4.79 Å². The van der Waals surface area contributed by atoms with Crippen LogP contribution in [-0.4, -0.2) is 11.5 Å². The second kappa shape index (κ2) is 4.40. The summed E-state index contributed by atoms with van der Waals surface area (Å²) < 4.78 is 42.3. The fraction of sp³-hybridized carbons (Fsp3) is 0.462. The van der Waals surface area contributed by atoms with Crippen molar-refractivity contribution in [1.82, 2.24) is 0 Å². The summed E-state index contributed by atoms with van der Waals surface area (Å²) in [6, 6.07) is 4.89. The standard InChI is InChI=1S/C13H12ClF3O2/c1-12(2)9(10(12)19-11(14)18)7-3-5-8(6-4-7)13(15,16)17/h3-6,9-10H,1-2H3. The molecule has 104 valence electrons. The molecule has 0 N–H and O–H groups in total. The Bertz CT molecular complexity index is 494. The lowest BCUT2D eigenvalue weighted by atomic mass is 10.0. The van der Waals surface area contributed by atoms with Gasteiger partial charge in [0.2, 0.25) is 0 Å². The average Bonchev–Trinajstić information content (AvgIpc) is 2.78. The molecule has 0 radical (unpaired) electrons. The number of rotatable bonds is 2. The zero-order valence-electron chi connectivity index (χ0n) is 10.3. The third kappa shape index (κ3) is 2.71. The van der Waals surface area contributed by atoms with E-state index in [-0.39, 0.29) is 11.3 Å². The van der Waals surface area contributed by atoms with E-state index < -0.39 is 23.3 Å². The normalized spacial score (nSPS) is 24.9. The van der Waals surface area contributed by atoms with E-state index in [0.29, 0.717) is 5.56 Å². The first-order valence-corrected chi connectivity index (χ1v) is 6.05. The van der Waals surface area contributed by atoms with E-state index in [1.807, 2.05) is 13.8 Å². The molecule has 0 aromatic heterocycles. The van der Waals surface area contributed by atoms with Crippen LogP contribution < -0.4 is 0 Å². The van der Waals surface area contributed by atoms with Crippen molar-refractivity contribution in [3.8, 4) is 0 Å². The second-order valence-corrected chi connectivity index (χ2v) is 5.50. The first-order chi connectivity index (χ1) is 8.64. The maximum atomic E-state index is 12.5. The molecule has 1 saturated carbocycles. The highest BCUT2D eigenvalue weighted by atomic mass is 35.5. The van der Waals surface area contributed by atoms with Crippen molar-refractivity contribution in [2.75, 3.05) is 0 Å². The Morgan fingerprint density at radius 3 is 2.21 bits per heavy atom. The largest absolute Gasteiger partial charge is 0.449 e. The van der Waals surface area contributed by atoms with Gasteiger partial charge in [-0.15, -0.1) is 0 Å². The van der Waals surface area contributed by atoms with Gasteiger partial charge in [0.15, 0.2) is 0 Å². The van der Waals surface area contributed by atoms with Crippen LogP contribution in [0.15, 0.2) is 24.3 Å². The van der Waals surface area contributed by atoms with E-state index >= 15 is 0 Å². The fourth-order valence-electron chi connectivity index (χ4n) is 2.39. The molecule has 0 saturated heterocycles. The molecule has 0 aliphatic heterocycles. The number of ether oxygens (including phenoxy) is 1. The van der Waals surface area contributed by atoms with Crippen molar-refractivity contribution >= 4 is 17.0 Å². The molecule has 1 fully saturated rings. The molecule has 1 aliphatic carbocycles. The lowest BCUT2D eigenvalue weighted by molar-refractivity contribution is -0.137. The summed E-state index contributed by atoms with van der Waals surface area (Å²) in [7, 11) is 0. The maximum absolute atomic E-state index is 12.5. The van der Waals surface area contributed by atoms with Crippen molar-refractivity contribution in [3.05, 3.63) is 35.4 Å². The third-order valence-electron chi connectivity index (χ3n) is 3.55. The maximum Gasteiger partial charge on any atom is 0.416 e. The molecule has 1 aromatic carbocycles. The van der Waals surface area contributed by atoms with Crippen LogP contribution in [0, 0.1) is 5.41 Å². The molecule has 2 rings (SSSR count). The summed E-state index contributed by atoms with van der Waals surface area (Å²) in [5.74, 6) is -0.127. The highest BCUT2D eigenvalue weighted by molar-refractivity contribution is 6.61. The van der Waals surface area contributed by atoms with E-state index in [2.05, 4.69) is 0 Å². The molecule has 1 aromatic rings. The number of hydrogen-bond donors (Lipinski definition) is 0. The summed E-state index contributed by atoms with van der Waals surface area (Å²) in [5.41, 5.74) is -1.20. The summed E-state index contributed by atoms with van der Waals surface area (Å²) in [4.78, 5) is 10.7. The van der Waals surface area contributed by atoms with Crippen molar-refractivity contribution in [3.63, 3.8) is 0 Å². The lowest BCUT2D eigenvalue weighted by Gasteiger charge is -2.07. The Kier molecular flexibility index (Phi) is 3.29. The van der Waals surface area contributed by atoms with E-state index in [0.717, 1.165) is 12.1 Å². The predicted octanol–water partition coefficient (Wildman–Crippen LogP) is 4.57. The van der Waals surface area contributed by atoms with Gasteiger partial charge in [0.1, 0.15) is 6.10 Å².